The van der Waals surface area contributed by atoms with Gasteiger partial charge in [0.25, 0.3) is 0 Å². The molecule has 6 heteroatoms. The predicted molar refractivity (Wildman–Crippen MR) is 78.7 cm³/mol. The lowest BCUT2D eigenvalue weighted by molar-refractivity contribution is 0.0384. The van der Waals surface area contributed by atoms with Crippen molar-refractivity contribution in [3.05, 3.63) is 15.6 Å². The van der Waals surface area contributed by atoms with E-state index in [1.807, 2.05) is 20.8 Å². The zero-order chi connectivity index (χ0) is 14.8. The summed E-state index contributed by atoms with van der Waals surface area (Å²) < 4.78 is 5.32. The topological polar surface area (TPSA) is 62.7 Å². The molecule has 1 N–H and O–H groups in total. The van der Waals surface area contributed by atoms with E-state index in [9.17, 15) is 9.90 Å². The summed E-state index contributed by atoms with van der Waals surface area (Å²) >= 11 is 1.31. The third kappa shape index (κ3) is 3.77. The van der Waals surface area contributed by atoms with Crippen LogP contribution in [0.5, 0.6) is 0 Å². The lowest BCUT2D eigenvalue weighted by Crippen LogP contribution is -2.37. The van der Waals surface area contributed by atoms with Gasteiger partial charge in [-0.05, 0) is 0 Å². The van der Waals surface area contributed by atoms with Gasteiger partial charge in [0.2, 0.25) is 0 Å². The summed E-state index contributed by atoms with van der Waals surface area (Å²) in [5.74, 6) is -0.870. The third-order valence-electron chi connectivity index (χ3n) is 3.32. The summed E-state index contributed by atoms with van der Waals surface area (Å²) in [7, 11) is 0. The molecule has 112 valence electrons. The van der Waals surface area contributed by atoms with E-state index in [2.05, 4.69) is 9.88 Å². The van der Waals surface area contributed by atoms with Crippen LogP contribution < -0.4 is 0 Å². The molecule has 0 saturated carbocycles. The molecule has 0 aromatic carbocycles. The van der Waals surface area contributed by atoms with Crippen LogP contribution in [0.3, 0.4) is 0 Å². The average Bonchev–Trinajstić information content (AvgIpc) is 2.82. The predicted octanol–water partition coefficient (Wildman–Crippen LogP) is 2.01. The Kier molecular flexibility index (Phi) is 4.78. The second-order valence-electron chi connectivity index (χ2n) is 6.04. The van der Waals surface area contributed by atoms with Gasteiger partial charge in [0, 0.05) is 31.5 Å². The van der Waals surface area contributed by atoms with Crippen molar-refractivity contribution in [2.75, 3.05) is 32.8 Å². The highest BCUT2D eigenvalue weighted by Crippen LogP contribution is 2.29. The Labute approximate surface area is 123 Å². The number of morpholine rings is 1. The smallest absolute Gasteiger partial charge is 0.347 e. The highest BCUT2D eigenvalue weighted by atomic mass is 32.1. The molecule has 1 aliphatic heterocycles. The molecule has 0 atom stereocenters. The molecule has 0 radical (unpaired) electrons. The molecule has 1 aliphatic rings. The monoisotopic (exact) mass is 298 g/mol. The van der Waals surface area contributed by atoms with Crippen molar-refractivity contribution in [3.63, 3.8) is 0 Å². The summed E-state index contributed by atoms with van der Waals surface area (Å²) in [5, 5.41) is 10.2. The SMILES string of the molecule is CC(C)(C)c1nc(CCN2CCOCC2)sc1C(=O)O. The van der Waals surface area contributed by atoms with Crippen molar-refractivity contribution < 1.29 is 14.6 Å². The molecule has 2 heterocycles. The highest BCUT2D eigenvalue weighted by Gasteiger charge is 2.27. The largest absolute Gasteiger partial charge is 0.477 e. The van der Waals surface area contributed by atoms with Crippen LogP contribution in [-0.4, -0.2) is 53.8 Å². The molecular weight excluding hydrogens is 276 g/mol. The summed E-state index contributed by atoms with van der Waals surface area (Å²) in [6.07, 6.45) is 0.807. The number of rotatable bonds is 4. The number of ether oxygens (including phenoxy) is 1. The van der Waals surface area contributed by atoms with Gasteiger partial charge < -0.3 is 9.84 Å². The summed E-state index contributed by atoms with van der Waals surface area (Å²) in [6.45, 7) is 10.4. The lowest BCUT2D eigenvalue weighted by atomic mass is 9.91. The number of nitrogens with zero attached hydrogens (tertiary/aromatic N) is 2. The van der Waals surface area contributed by atoms with Crippen molar-refractivity contribution in [2.45, 2.75) is 32.6 Å². The Balaban J connectivity index is 2.06. The van der Waals surface area contributed by atoms with Crippen molar-refractivity contribution in [2.24, 2.45) is 0 Å². The number of hydrogen-bond donors (Lipinski definition) is 1. The molecular formula is C14H22N2O3S. The van der Waals surface area contributed by atoms with E-state index < -0.39 is 5.97 Å². The molecule has 2 rings (SSSR count). The summed E-state index contributed by atoms with van der Waals surface area (Å²) in [5.41, 5.74) is 0.466. The Bertz CT molecular complexity index is 473. The fraction of sp³-hybridized carbons (Fsp3) is 0.714. The van der Waals surface area contributed by atoms with Gasteiger partial charge in [-0.25, -0.2) is 9.78 Å². The average molecular weight is 298 g/mol. The molecule has 1 aromatic heterocycles. The summed E-state index contributed by atoms with van der Waals surface area (Å²) in [4.78, 5) is 18.6. The Morgan fingerprint density at radius 1 is 1.40 bits per heavy atom. The molecule has 1 fully saturated rings. The van der Waals surface area contributed by atoms with Gasteiger partial charge in [0.15, 0.2) is 0 Å². The Hall–Kier alpha value is -0.980. The number of carboxylic acid groups (broad SMARTS) is 1. The molecule has 20 heavy (non-hydrogen) atoms. The number of carboxylic acids is 1. The maximum Gasteiger partial charge on any atom is 0.347 e. The molecule has 5 nitrogen and oxygen atoms in total. The van der Waals surface area contributed by atoms with Crippen LogP contribution in [0.1, 0.15) is 41.1 Å². The van der Waals surface area contributed by atoms with E-state index in [-0.39, 0.29) is 5.41 Å². The molecule has 1 aromatic rings. The zero-order valence-electron chi connectivity index (χ0n) is 12.3. The third-order valence-corrected chi connectivity index (χ3v) is 4.42. The first-order chi connectivity index (χ1) is 9.38. The first-order valence-electron chi connectivity index (χ1n) is 6.91. The van der Waals surface area contributed by atoms with Gasteiger partial charge in [-0.2, -0.15) is 0 Å². The van der Waals surface area contributed by atoms with Gasteiger partial charge in [-0.15, -0.1) is 11.3 Å². The summed E-state index contributed by atoms with van der Waals surface area (Å²) in [6, 6.07) is 0. The second-order valence-corrected chi connectivity index (χ2v) is 7.13. The van der Waals surface area contributed by atoms with Gasteiger partial charge in [0.1, 0.15) is 4.88 Å². The van der Waals surface area contributed by atoms with Gasteiger partial charge >= 0.3 is 5.97 Å². The zero-order valence-corrected chi connectivity index (χ0v) is 13.1. The van der Waals surface area contributed by atoms with E-state index >= 15 is 0 Å². The number of aromatic carboxylic acids is 1. The van der Waals surface area contributed by atoms with Gasteiger partial charge in [-0.3, -0.25) is 4.90 Å². The van der Waals surface area contributed by atoms with Crippen LogP contribution in [-0.2, 0) is 16.6 Å². The molecule has 1 saturated heterocycles. The number of hydrogen-bond acceptors (Lipinski definition) is 5. The fourth-order valence-electron chi connectivity index (χ4n) is 2.20. The van der Waals surface area contributed by atoms with Crippen LogP contribution in [0.15, 0.2) is 0 Å². The van der Waals surface area contributed by atoms with Crippen LogP contribution in [0, 0.1) is 0 Å². The van der Waals surface area contributed by atoms with Gasteiger partial charge in [-0.1, -0.05) is 20.8 Å². The highest BCUT2D eigenvalue weighted by molar-refractivity contribution is 7.13. The maximum atomic E-state index is 11.3. The number of carbonyl (C=O) groups is 1. The van der Waals surface area contributed by atoms with Gasteiger partial charge in [0.05, 0.1) is 23.9 Å². The lowest BCUT2D eigenvalue weighted by Gasteiger charge is -2.26. The van der Waals surface area contributed by atoms with Crippen LogP contribution >= 0.6 is 11.3 Å². The standard InChI is InChI=1S/C14H22N2O3S/c1-14(2,3)12-11(13(17)18)20-10(15-12)4-5-16-6-8-19-9-7-16/h4-9H2,1-3H3,(H,17,18). The first kappa shape index (κ1) is 15.4. The van der Waals surface area contributed by atoms with E-state index in [1.54, 1.807) is 0 Å². The van der Waals surface area contributed by atoms with Crippen LogP contribution in [0.2, 0.25) is 0 Å². The maximum absolute atomic E-state index is 11.3. The minimum Gasteiger partial charge on any atom is -0.477 e. The Morgan fingerprint density at radius 2 is 2.05 bits per heavy atom. The van der Waals surface area contributed by atoms with Crippen molar-refractivity contribution in [1.82, 2.24) is 9.88 Å². The van der Waals surface area contributed by atoms with E-state index in [4.69, 9.17) is 4.74 Å². The first-order valence-corrected chi connectivity index (χ1v) is 7.73. The second kappa shape index (κ2) is 6.20. The van der Waals surface area contributed by atoms with Crippen LogP contribution in [0.25, 0.3) is 0 Å². The molecule has 0 unspecified atom stereocenters. The van der Waals surface area contributed by atoms with E-state index in [0.717, 1.165) is 44.3 Å². The molecule has 0 spiro atoms. The normalized spacial score (nSPS) is 17.4. The molecule has 0 bridgehead atoms. The number of thiazole rings is 1. The molecule has 0 aliphatic carbocycles. The number of aromatic nitrogens is 1. The van der Waals surface area contributed by atoms with Crippen LogP contribution in [0.4, 0.5) is 0 Å². The Morgan fingerprint density at radius 3 is 2.55 bits per heavy atom. The van der Waals surface area contributed by atoms with Crippen molar-refractivity contribution in [1.29, 1.82) is 0 Å². The minimum atomic E-state index is -0.870. The van der Waals surface area contributed by atoms with E-state index in [1.165, 1.54) is 11.3 Å². The quantitative estimate of drug-likeness (QED) is 0.921. The van der Waals surface area contributed by atoms with Crippen molar-refractivity contribution in [3.8, 4) is 0 Å². The minimum absolute atomic E-state index is 0.235. The van der Waals surface area contributed by atoms with Crippen molar-refractivity contribution >= 4 is 17.3 Å². The van der Waals surface area contributed by atoms with E-state index in [0.29, 0.717) is 10.6 Å². The molecule has 0 amide bonds. The fourth-order valence-corrected chi connectivity index (χ4v) is 3.30.